The molecule has 1 aromatic rings. The van der Waals surface area contributed by atoms with Gasteiger partial charge < -0.3 is 20.3 Å². The topological polar surface area (TPSA) is 82.0 Å². The van der Waals surface area contributed by atoms with Crippen molar-refractivity contribution in [2.45, 2.75) is 19.4 Å². The molecule has 0 spiro atoms. The van der Waals surface area contributed by atoms with Gasteiger partial charge >= 0.3 is 6.09 Å². The molecule has 0 radical (unpaired) electrons. The zero-order chi connectivity index (χ0) is 14.5. The predicted octanol–water partition coefficient (Wildman–Crippen LogP) is 0.971. The lowest BCUT2D eigenvalue weighted by molar-refractivity contribution is 0.105. The van der Waals surface area contributed by atoms with Gasteiger partial charge in [-0.15, -0.1) is 0 Å². The van der Waals surface area contributed by atoms with Crippen molar-refractivity contribution < 1.29 is 19.7 Å². The molecule has 0 fully saturated rings. The largest absolute Gasteiger partial charge is 0.449 e. The molecule has 6 nitrogen and oxygen atoms in total. The number of benzene rings is 1. The Hall–Kier alpha value is -1.79. The Morgan fingerprint density at radius 1 is 1.55 bits per heavy atom. The molecule has 0 aliphatic carbocycles. The third-order valence-corrected chi connectivity index (χ3v) is 3.22. The zero-order valence-electron chi connectivity index (χ0n) is 11.5. The third-order valence-electron chi connectivity index (χ3n) is 3.22. The molecule has 110 valence electrons. The number of aliphatic hydroxyl groups is 2. The van der Waals surface area contributed by atoms with Gasteiger partial charge in [0.25, 0.3) is 0 Å². The summed E-state index contributed by atoms with van der Waals surface area (Å²) >= 11 is 0. The molecule has 2 rings (SSSR count). The molecule has 1 heterocycles. The minimum absolute atomic E-state index is 0.269. The number of anilines is 2. The molecule has 0 bridgehead atoms. The van der Waals surface area contributed by atoms with Gasteiger partial charge in [-0.2, -0.15) is 0 Å². The highest BCUT2D eigenvalue weighted by Gasteiger charge is 2.25. The van der Waals surface area contributed by atoms with E-state index in [1.165, 1.54) is 0 Å². The van der Waals surface area contributed by atoms with Gasteiger partial charge in [-0.3, -0.25) is 4.90 Å². The van der Waals surface area contributed by atoms with Crippen LogP contribution >= 0.6 is 0 Å². The average molecular weight is 280 g/mol. The van der Waals surface area contributed by atoms with Crippen molar-refractivity contribution in [2.24, 2.45) is 0 Å². The maximum atomic E-state index is 11.8. The molecule has 1 unspecified atom stereocenters. The van der Waals surface area contributed by atoms with Gasteiger partial charge in [0.05, 0.1) is 25.0 Å². The molecule has 0 saturated heterocycles. The van der Waals surface area contributed by atoms with Gasteiger partial charge in [0, 0.05) is 18.8 Å². The second-order valence-corrected chi connectivity index (χ2v) is 4.66. The van der Waals surface area contributed by atoms with E-state index in [1.807, 2.05) is 18.2 Å². The Bertz CT molecular complexity index is 478. The number of amides is 1. The van der Waals surface area contributed by atoms with Crippen LogP contribution in [0.15, 0.2) is 18.2 Å². The molecular weight excluding hydrogens is 260 g/mol. The molecule has 1 aliphatic rings. The van der Waals surface area contributed by atoms with Gasteiger partial charge in [-0.1, -0.05) is 0 Å². The molecule has 0 aromatic heterocycles. The first kappa shape index (κ1) is 14.6. The van der Waals surface area contributed by atoms with Crippen LogP contribution in [0.5, 0.6) is 0 Å². The second kappa shape index (κ2) is 6.58. The summed E-state index contributed by atoms with van der Waals surface area (Å²) in [5.41, 5.74) is 2.81. The van der Waals surface area contributed by atoms with E-state index in [0.717, 1.165) is 23.4 Å². The van der Waals surface area contributed by atoms with Crippen LogP contribution in [-0.4, -0.2) is 48.7 Å². The Kier molecular flexibility index (Phi) is 4.81. The normalized spacial score (nSPS) is 14.8. The maximum Gasteiger partial charge on any atom is 0.414 e. The van der Waals surface area contributed by atoms with Crippen LogP contribution in [0.1, 0.15) is 12.5 Å². The van der Waals surface area contributed by atoms with E-state index in [-0.39, 0.29) is 19.2 Å². The van der Waals surface area contributed by atoms with Crippen LogP contribution in [0.3, 0.4) is 0 Å². The lowest BCUT2D eigenvalue weighted by Crippen LogP contribution is -2.29. The van der Waals surface area contributed by atoms with E-state index in [9.17, 15) is 9.90 Å². The summed E-state index contributed by atoms with van der Waals surface area (Å²) in [7, 11) is 0. The summed E-state index contributed by atoms with van der Waals surface area (Å²) in [6.45, 7) is 2.79. The summed E-state index contributed by atoms with van der Waals surface area (Å²) in [6.07, 6.45) is -0.311. The molecule has 6 heteroatoms. The van der Waals surface area contributed by atoms with Crippen LogP contribution in [0.25, 0.3) is 0 Å². The summed E-state index contributed by atoms with van der Waals surface area (Å²) in [5, 5.41) is 21.1. The molecule has 1 aliphatic heterocycles. The van der Waals surface area contributed by atoms with Gasteiger partial charge in [0.1, 0.15) is 0 Å². The molecule has 1 aromatic carbocycles. The fourth-order valence-electron chi connectivity index (χ4n) is 2.20. The van der Waals surface area contributed by atoms with E-state index < -0.39 is 6.10 Å². The summed E-state index contributed by atoms with van der Waals surface area (Å²) < 4.78 is 5.02. The van der Waals surface area contributed by atoms with E-state index in [0.29, 0.717) is 13.2 Å². The number of carbonyl (C=O) groups excluding carboxylic acids is 1. The minimum atomic E-state index is -0.778. The summed E-state index contributed by atoms with van der Waals surface area (Å²) in [5.74, 6) is 0. The van der Waals surface area contributed by atoms with Gasteiger partial charge in [-0.25, -0.2) is 4.79 Å². The Morgan fingerprint density at radius 2 is 2.35 bits per heavy atom. The third kappa shape index (κ3) is 3.20. The molecule has 20 heavy (non-hydrogen) atoms. The first-order valence-electron chi connectivity index (χ1n) is 6.75. The molecule has 1 atom stereocenters. The average Bonchev–Trinajstić information content (AvgIpc) is 2.88. The quantitative estimate of drug-likeness (QED) is 0.748. The van der Waals surface area contributed by atoms with Crippen LogP contribution < -0.4 is 10.2 Å². The lowest BCUT2D eigenvalue weighted by Gasteiger charge is -2.17. The van der Waals surface area contributed by atoms with Crippen LogP contribution in [0.4, 0.5) is 16.2 Å². The van der Waals surface area contributed by atoms with Crippen molar-refractivity contribution in [1.29, 1.82) is 0 Å². The lowest BCUT2D eigenvalue weighted by atomic mass is 10.1. The highest BCUT2D eigenvalue weighted by atomic mass is 16.6. The first-order chi connectivity index (χ1) is 9.65. The molecule has 1 amide bonds. The SMILES string of the molecule is CCOC(=O)N1CCc2cc(NCC(O)CO)ccc21. The monoisotopic (exact) mass is 280 g/mol. The number of fused-ring (bicyclic) bond motifs is 1. The molecular formula is C14H20N2O4. The highest BCUT2D eigenvalue weighted by Crippen LogP contribution is 2.30. The Morgan fingerprint density at radius 3 is 3.05 bits per heavy atom. The predicted molar refractivity (Wildman–Crippen MR) is 76.1 cm³/mol. The van der Waals surface area contributed by atoms with Crippen molar-refractivity contribution in [3.8, 4) is 0 Å². The van der Waals surface area contributed by atoms with Gasteiger partial charge in [0.2, 0.25) is 0 Å². The standard InChI is InChI=1S/C14H20N2O4/c1-2-20-14(19)16-6-5-10-7-11(3-4-13(10)16)15-8-12(18)9-17/h3-4,7,12,15,17-18H,2,5-6,8-9H2,1H3. The number of rotatable bonds is 5. The van der Waals surface area contributed by atoms with E-state index in [1.54, 1.807) is 11.8 Å². The first-order valence-corrected chi connectivity index (χ1v) is 6.75. The van der Waals surface area contributed by atoms with E-state index in [4.69, 9.17) is 9.84 Å². The van der Waals surface area contributed by atoms with Crippen LogP contribution in [0.2, 0.25) is 0 Å². The Balaban J connectivity index is 2.04. The summed E-state index contributed by atoms with van der Waals surface area (Å²) in [6, 6.07) is 5.67. The fourth-order valence-corrected chi connectivity index (χ4v) is 2.20. The smallest absolute Gasteiger partial charge is 0.414 e. The minimum Gasteiger partial charge on any atom is -0.449 e. The van der Waals surface area contributed by atoms with Gasteiger partial charge in [-0.05, 0) is 37.1 Å². The summed E-state index contributed by atoms with van der Waals surface area (Å²) in [4.78, 5) is 13.4. The number of nitrogens with one attached hydrogen (secondary N) is 1. The van der Waals surface area contributed by atoms with Crippen molar-refractivity contribution in [3.05, 3.63) is 23.8 Å². The van der Waals surface area contributed by atoms with Crippen LogP contribution in [0, 0.1) is 0 Å². The number of hydrogen-bond donors (Lipinski definition) is 3. The Labute approximate surface area is 118 Å². The number of hydrogen-bond acceptors (Lipinski definition) is 5. The van der Waals surface area contributed by atoms with Crippen molar-refractivity contribution in [1.82, 2.24) is 0 Å². The van der Waals surface area contributed by atoms with Crippen molar-refractivity contribution in [2.75, 3.05) is 36.5 Å². The zero-order valence-corrected chi connectivity index (χ0v) is 11.5. The van der Waals surface area contributed by atoms with E-state index in [2.05, 4.69) is 5.32 Å². The van der Waals surface area contributed by atoms with E-state index >= 15 is 0 Å². The second-order valence-electron chi connectivity index (χ2n) is 4.66. The fraction of sp³-hybridized carbons (Fsp3) is 0.500. The van der Waals surface area contributed by atoms with Crippen molar-refractivity contribution >= 4 is 17.5 Å². The highest BCUT2D eigenvalue weighted by molar-refractivity contribution is 5.90. The molecule has 0 saturated carbocycles. The maximum absolute atomic E-state index is 11.8. The number of carbonyl (C=O) groups is 1. The van der Waals surface area contributed by atoms with Gasteiger partial charge in [0.15, 0.2) is 0 Å². The molecule has 3 N–H and O–H groups in total. The number of aliphatic hydroxyl groups excluding tert-OH is 2. The number of nitrogens with zero attached hydrogens (tertiary/aromatic N) is 1. The van der Waals surface area contributed by atoms with Crippen molar-refractivity contribution in [3.63, 3.8) is 0 Å². The van der Waals surface area contributed by atoms with Crippen LogP contribution in [-0.2, 0) is 11.2 Å². The number of ether oxygens (including phenoxy) is 1.